The predicted molar refractivity (Wildman–Crippen MR) is 94.9 cm³/mol. The fourth-order valence-corrected chi connectivity index (χ4v) is 3.27. The largest absolute Gasteiger partial charge is 0.393 e. The number of hydrogen-bond acceptors (Lipinski definition) is 3. The number of aliphatic hydroxyl groups is 1. The normalized spacial score (nSPS) is 20.8. The van der Waals surface area contributed by atoms with Gasteiger partial charge in [-0.3, -0.25) is 0 Å². The van der Waals surface area contributed by atoms with Crippen LogP contribution in [0.5, 0.6) is 0 Å². The Kier molecular flexibility index (Phi) is 6.63. The van der Waals surface area contributed by atoms with Crippen LogP contribution in [0.3, 0.4) is 0 Å². The summed E-state index contributed by atoms with van der Waals surface area (Å²) in [6, 6.07) is 7.98. The number of carbonyl (C=O) groups excluding carboxylic acids is 1. The smallest absolute Gasteiger partial charge is 0.318 e. The Hall–Kier alpha value is -1.59. The standard InChI is InChI=1S/C19H30N2O3/c1-13(2)18(17-8-6-5-7-14(17)3)20-19(23)21-9-10-24-12-16(21)11-15(4)22/h5-8,13,15-16,18,22H,9-12H2,1-4H3,(H,20,23)/t15-,16-,18+/m0/s1. The average Bonchev–Trinajstić information content (AvgIpc) is 2.53. The maximum Gasteiger partial charge on any atom is 0.318 e. The molecule has 0 saturated carbocycles. The molecule has 1 aromatic rings. The van der Waals surface area contributed by atoms with Gasteiger partial charge in [-0.25, -0.2) is 4.79 Å². The molecule has 0 spiro atoms. The Bertz CT molecular complexity index is 545. The van der Waals surface area contributed by atoms with E-state index in [1.54, 1.807) is 6.92 Å². The van der Waals surface area contributed by atoms with Crippen LogP contribution in [0.1, 0.15) is 44.4 Å². The number of hydrogen-bond donors (Lipinski definition) is 2. The number of rotatable bonds is 5. The molecule has 24 heavy (non-hydrogen) atoms. The van der Waals surface area contributed by atoms with Crippen LogP contribution in [0.25, 0.3) is 0 Å². The molecule has 5 heteroatoms. The van der Waals surface area contributed by atoms with Crippen molar-refractivity contribution in [3.8, 4) is 0 Å². The van der Waals surface area contributed by atoms with E-state index < -0.39 is 6.10 Å². The van der Waals surface area contributed by atoms with Crippen LogP contribution in [0.2, 0.25) is 0 Å². The molecule has 0 unspecified atom stereocenters. The van der Waals surface area contributed by atoms with Crippen LogP contribution in [0.4, 0.5) is 4.79 Å². The number of nitrogens with zero attached hydrogens (tertiary/aromatic N) is 1. The summed E-state index contributed by atoms with van der Waals surface area (Å²) in [6.07, 6.45) is 0.0775. The Morgan fingerprint density at radius 1 is 1.38 bits per heavy atom. The fourth-order valence-electron chi connectivity index (χ4n) is 3.27. The summed E-state index contributed by atoms with van der Waals surface area (Å²) in [6.45, 7) is 9.63. The molecule has 1 aliphatic heterocycles. The molecule has 0 bridgehead atoms. The second-order valence-electron chi connectivity index (χ2n) is 7.03. The third kappa shape index (κ3) is 4.71. The molecule has 1 heterocycles. The maximum atomic E-state index is 12.9. The van der Waals surface area contributed by atoms with Gasteiger partial charge in [0, 0.05) is 6.54 Å². The van der Waals surface area contributed by atoms with E-state index in [9.17, 15) is 9.90 Å². The van der Waals surface area contributed by atoms with Gasteiger partial charge in [-0.1, -0.05) is 38.1 Å². The summed E-state index contributed by atoms with van der Waals surface area (Å²) in [5, 5.41) is 12.9. The van der Waals surface area contributed by atoms with Crippen molar-refractivity contribution in [3.05, 3.63) is 35.4 Å². The molecule has 0 aliphatic carbocycles. The first-order chi connectivity index (χ1) is 11.4. The highest BCUT2D eigenvalue weighted by Crippen LogP contribution is 2.25. The SMILES string of the molecule is Cc1ccccc1[C@H](NC(=O)N1CCOC[C@@H]1C[C@H](C)O)C(C)C. The van der Waals surface area contributed by atoms with E-state index in [1.807, 2.05) is 17.0 Å². The number of aliphatic hydroxyl groups excluding tert-OH is 1. The number of carbonyl (C=O) groups is 1. The van der Waals surface area contributed by atoms with Crippen LogP contribution in [0.15, 0.2) is 24.3 Å². The molecular weight excluding hydrogens is 304 g/mol. The quantitative estimate of drug-likeness (QED) is 0.870. The summed E-state index contributed by atoms with van der Waals surface area (Å²) in [5.41, 5.74) is 2.33. The minimum atomic E-state index is -0.454. The minimum absolute atomic E-state index is 0.0336. The van der Waals surface area contributed by atoms with Gasteiger partial charge in [0.25, 0.3) is 0 Å². The fraction of sp³-hybridized carbons (Fsp3) is 0.632. The number of urea groups is 1. The van der Waals surface area contributed by atoms with Crippen LogP contribution in [-0.4, -0.2) is 47.9 Å². The second kappa shape index (κ2) is 8.49. The summed E-state index contributed by atoms with van der Waals surface area (Å²) in [4.78, 5) is 14.7. The molecular formula is C19H30N2O3. The van der Waals surface area contributed by atoms with Crippen molar-refractivity contribution < 1.29 is 14.6 Å². The number of morpholine rings is 1. The van der Waals surface area contributed by atoms with E-state index in [-0.39, 0.29) is 24.0 Å². The molecule has 1 saturated heterocycles. The highest BCUT2D eigenvalue weighted by Gasteiger charge is 2.30. The highest BCUT2D eigenvalue weighted by molar-refractivity contribution is 5.75. The predicted octanol–water partition coefficient (Wildman–Crippen LogP) is 2.87. The van der Waals surface area contributed by atoms with Gasteiger partial charge in [0.05, 0.1) is 31.4 Å². The lowest BCUT2D eigenvalue weighted by molar-refractivity contribution is -0.00512. The van der Waals surface area contributed by atoms with Crippen molar-refractivity contribution in [2.75, 3.05) is 19.8 Å². The second-order valence-corrected chi connectivity index (χ2v) is 7.03. The molecule has 3 atom stereocenters. The van der Waals surface area contributed by atoms with Gasteiger partial charge < -0.3 is 20.1 Å². The van der Waals surface area contributed by atoms with Crippen molar-refractivity contribution >= 4 is 6.03 Å². The number of ether oxygens (including phenoxy) is 1. The van der Waals surface area contributed by atoms with Gasteiger partial charge in [0.1, 0.15) is 0 Å². The summed E-state index contributed by atoms with van der Waals surface area (Å²) in [5.74, 6) is 0.284. The summed E-state index contributed by atoms with van der Waals surface area (Å²) < 4.78 is 5.49. The van der Waals surface area contributed by atoms with Crippen molar-refractivity contribution in [2.24, 2.45) is 5.92 Å². The molecule has 0 aromatic heterocycles. The molecule has 0 radical (unpaired) electrons. The van der Waals surface area contributed by atoms with E-state index >= 15 is 0 Å². The van der Waals surface area contributed by atoms with Gasteiger partial charge in [0.15, 0.2) is 0 Å². The van der Waals surface area contributed by atoms with Crippen LogP contribution in [0, 0.1) is 12.8 Å². The molecule has 1 aromatic carbocycles. The molecule has 2 N–H and O–H groups in total. The van der Waals surface area contributed by atoms with Gasteiger partial charge in [0.2, 0.25) is 0 Å². The maximum absolute atomic E-state index is 12.9. The zero-order valence-corrected chi connectivity index (χ0v) is 15.2. The third-order valence-electron chi connectivity index (χ3n) is 4.57. The lowest BCUT2D eigenvalue weighted by Crippen LogP contribution is -2.54. The first-order valence-electron chi connectivity index (χ1n) is 8.78. The average molecular weight is 334 g/mol. The van der Waals surface area contributed by atoms with Gasteiger partial charge in [-0.2, -0.15) is 0 Å². The summed E-state index contributed by atoms with van der Waals surface area (Å²) >= 11 is 0. The molecule has 1 fully saturated rings. The lowest BCUT2D eigenvalue weighted by atomic mass is 9.93. The van der Waals surface area contributed by atoms with E-state index in [2.05, 4.69) is 38.2 Å². The van der Waals surface area contributed by atoms with E-state index in [1.165, 1.54) is 5.56 Å². The molecule has 2 rings (SSSR count). The minimum Gasteiger partial charge on any atom is -0.393 e. The Morgan fingerprint density at radius 2 is 2.08 bits per heavy atom. The number of amides is 2. The molecule has 134 valence electrons. The Morgan fingerprint density at radius 3 is 2.71 bits per heavy atom. The van der Waals surface area contributed by atoms with Gasteiger partial charge in [-0.05, 0) is 37.3 Å². The zero-order chi connectivity index (χ0) is 17.7. The van der Waals surface area contributed by atoms with E-state index in [4.69, 9.17) is 4.74 Å². The molecule has 2 amide bonds. The van der Waals surface area contributed by atoms with Gasteiger partial charge in [-0.15, -0.1) is 0 Å². The first-order valence-corrected chi connectivity index (χ1v) is 8.78. The molecule has 1 aliphatic rings. The van der Waals surface area contributed by atoms with Crippen molar-refractivity contribution in [1.82, 2.24) is 10.2 Å². The molecule has 5 nitrogen and oxygen atoms in total. The van der Waals surface area contributed by atoms with Crippen LogP contribution < -0.4 is 5.32 Å². The van der Waals surface area contributed by atoms with Crippen LogP contribution >= 0.6 is 0 Å². The Labute approximate surface area is 145 Å². The highest BCUT2D eigenvalue weighted by atomic mass is 16.5. The number of nitrogens with one attached hydrogen (secondary N) is 1. The van der Waals surface area contributed by atoms with Crippen LogP contribution in [-0.2, 0) is 4.74 Å². The van der Waals surface area contributed by atoms with E-state index in [0.717, 1.165) is 5.56 Å². The first kappa shape index (κ1) is 18.7. The topological polar surface area (TPSA) is 61.8 Å². The van der Waals surface area contributed by atoms with Gasteiger partial charge >= 0.3 is 6.03 Å². The summed E-state index contributed by atoms with van der Waals surface area (Å²) in [7, 11) is 0. The van der Waals surface area contributed by atoms with Crippen molar-refractivity contribution in [1.29, 1.82) is 0 Å². The van der Waals surface area contributed by atoms with E-state index in [0.29, 0.717) is 26.2 Å². The lowest BCUT2D eigenvalue weighted by Gasteiger charge is -2.38. The third-order valence-corrected chi connectivity index (χ3v) is 4.57. The monoisotopic (exact) mass is 334 g/mol. The number of aryl methyl sites for hydroxylation is 1. The Balaban J connectivity index is 2.13. The van der Waals surface area contributed by atoms with Crippen molar-refractivity contribution in [3.63, 3.8) is 0 Å². The number of benzene rings is 1. The zero-order valence-electron chi connectivity index (χ0n) is 15.2. The van der Waals surface area contributed by atoms with Crippen molar-refractivity contribution in [2.45, 2.75) is 52.3 Å².